The molecule has 0 saturated heterocycles. The first-order chi connectivity index (χ1) is 13.9. The number of methoxy groups -OCH3 is 1. The van der Waals surface area contributed by atoms with E-state index in [9.17, 15) is 9.18 Å². The van der Waals surface area contributed by atoms with Crippen molar-refractivity contribution in [1.29, 1.82) is 0 Å². The minimum atomic E-state index is -0.624. The Kier molecular flexibility index (Phi) is 8.08. The molecule has 0 spiro atoms. The number of hydrogen-bond acceptors (Lipinski definition) is 6. The lowest BCUT2D eigenvalue weighted by Gasteiger charge is -2.12. The largest absolute Gasteiger partial charge is 0.464 e. The third kappa shape index (κ3) is 5.51. The van der Waals surface area contributed by atoms with Gasteiger partial charge in [0.05, 0.1) is 22.3 Å². The van der Waals surface area contributed by atoms with Gasteiger partial charge in [-0.2, -0.15) is 0 Å². The van der Waals surface area contributed by atoms with Gasteiger partial charge in [-0.15, -0.1) is 0 Å². The predicted molar refractivity (Wildman–Crippen MR) is 114 cm³/mol. The van der Waals surface area contributed by atoms with Gasteiger partial charge in [-0.3, -0.25) is 0 Å². The van der Waals surface area contributed by atoms with Crippen molar-refractivity contribution in [3.05, 3.63) is 64.5 Å². The van der Waals surface area contributed by atoms with Crippen molar-refractivity contribution in [2.75, 3.05) is 14.2 Å². The van der Waals surface area contributed by atoms with Crippen molar-refractivity contribution in [2.24, 2.45) is 10.3 Å². The van der Waals surface area contributed by atoms with Crippen LogP contribution in [0.4, 0.5) is 4.39 Å². The van der Waals surface area contributed by atoms with E-state index >= 15 is 0 Å². The van der Waals surface area contributed by atoms with E-state index in [-0.39, 0.29) is 18.1 Å². The van der Waals surface area contributed by atoms with Crippen LogP contribution in [-0.4, -0.2) is 41.1 Å². The van der Waals surface area contributed by atoms with E-state index in [1.807, 2.05) is 25.1 Å². The first kappa shape index (κ1) is 22.3. The van der Waals surface area contributed by atoms with Crippen LogP contribution in [0.15, 0.2) is 46.7 Å². The van der Waals surface area contributed by atoms with Crippen molar-refractivity contribution in [2.45, 2.75) is 27.0 Å². The van der Waals surface area contributed by atoms with Crippen LogP contribution in [-0.2, 0) is 25.8 Å². The Morgan fingerprint density at radius 3 is 2.55 bits per heavy atom. The quantitative estimate of drug-likeness (QED) is 0.287. The minimum absolute atomic E-state index is 0.0321. The number of rotatable bonds is 8. The molecular weight excluding hydrogens is 391 g/mol. The molecule has 0 saturated carbocycles. The Morgan fingerprint density at radius 2 is 1.90 bits per heavy atom. The SMILES string of the molecule is CO/N=C(/C(=O)OC)c1cccc(C)c1CO/N=C(\C)c1cc([SiH2]C)ccc1F. The lowest BCUT2D eigenvalue weighted by molar-refractivity contribution is -0.132. The highest BCUT2D eigenvalue weighted by Crippen LogP contribution is 2.18. The zero-order chi connectivity index (χ0) is 21.4. The molecular formula is C21H25FN2O4Si. The van der Waals surface area contributed by atoms with E-state index in [0.717, 1.165) is 10.8 Å². The summed E-state index contributed by atoms with van der Waals surface area (Å²) in [6.07, 6.45) is 0. The molecule has 0 heterocycles. The Hall–Kier alpha value is -3.00. The maximum absolute atomic E-state index is 14.2. The second-order valence-electron chi connectivity index (χ2n) is 6.33. The Balaban J connectivity index is 2.30. The summed E-state index contributed by atoms with van der Waals surface area (Å²) in [5.74, 6) is -0.959. The van der Waals surface area contributed by atoms with E-state index in [2.05, 4.69) is 16.9 Å². The van der Waals surface area contributed by atoms with E-state index in [1.165, 1.54) is 20.3 Å². The van der Waals surface area contributed by atoms with Crippen molar-refractivity contribution >= 4 is 32.1 Å². The van der Waals surface area contributed by atoms with Gasteiger partial charge in [0.1, 0.15) is 19.5 Å². The summed E-state index contributed by atoms with van der Waals surface area (Å²) in [6.45, 7) is 5.79. The van der Waals surface area contributed by atoms with Crippen molar-refractivity contribution in [3.63, 3.8) is 0 Å². The van der Waals surface area contributed by atoms with Crippen LogP contribution < -0.4 is 5.19 Å². The van der Waals surface area contributed by atoms with Gasteiger partial charge in [0.2, 0.25) is 0 Å². The number of hydrogen-bond donors (Lipinski definition) is 0. The molecule has 0 aliphatic carbocycles. The van der Waals surface area contributed by atoms with E-state index in [0.29, 0.717) is 22.4 Å². The summed E-state index contributed by atoms with van der Waals surface area (Å²) in [4.78, 5) is 22.4. The number of oxime groups is 2. The number of carbonyl (C=O) groups excluding carboxylic acids is 1. The standard InChI is InChI=1S/C21H25FN2O4Si/c1-13-7-6-8-16(20(24-27-4)21(25)26-3)18(13)12-28-23-14(2)17-11-15(29-5)9-10-19(17)22/h6-11H,12,29H2,1-5H3/b23-14+,24-20+. The molecule has 154 valence electrons. The fourth-order valence-electron chi connectivity index (χ4n) is 2.81. The molecule has 2 aromatic rings. The molecule has 29 heavy (non-hydrogen) atoms. The third-order valence-electron chi connectivity index (χ3n) is 4.47. The van der Waals surface area contributed by atoms with E-state index in [4.69, 9.17) is 14.4 Å². The molecule has 0 unspecified atom stereocenters. The van der Waals surface area contributed by atoms with Crippen molar-refractivity contribution in [3.8, 4) is 0 Å². The second-order valence-corrected chi connectivity index (χ2v) is 7.86. The number of esters is 1. The summed E-state index contributed by atoms with van der Waals surface area (Å²) in [6, 6.07) is 10.5. The van der Waals surface area contributed by atoms with Crippen LogP contribution >= 0.6 is 0 Å². The molecule has 0 atom stereocenters. The predicted octanol–water partition coefficient (Wildman–Crippen LogP) is 2.44. The first-order valence-electron chi connectivity index (χ1n) is 9.16. The molecule has 0 amide bonds. The molecule has 0 aliphatic heterocycles. The molecule has 6 nitrogen and oxygen atoms in total. The van der Waals surface area contributed by atoms with Gasteiger partial charge in [0, 0.05) is 16.7 Å². The molecule has 0 bridgehead atoms. The summed E-state index contributed by atoms with van der Waals surface area (Å²) in [5.41, 5.74) is 3.02. The maximum atomic E-state index is 14.2. The van der Waals surface area contributed by atoms with Gasteiger partial charge in [0.25, 0.3) is 0 Å². The van der Waals surface area contributed by atoms with E-state index in [1.54, 1.807) is 19.1 Å². The van der Waals surface area contributed by atoms with Crippen LogP contribution in [0.3, 0.4) is 0 Å². The van der Waals surface area contributed by atoms with Gasteiger partial charge in [0.15, 0.2) is 5.71 Å². The van der Waals surface area contributed by atoms with Crippen molar-refractivity contribution < 1.29 is 23.6 Å². The van der Waals surface area contributed by atoms with Gasteiger partial charge in [-0.25, -0.2) is 9.18 Å². The van der Waals surface area contributed by atoms with Gasteiger partial charge < -0.3 is 14.4 Å². The monoisotopic (exact) mass is 416 g/mol. The number of nitrogens with zero attached hydrogens (tertiary/aromatic N) is 2. The fraction of sp³-hybridized carbons (Fsp3) is 0.286. The van der Waals surface area contributed by atoms with Crippen LogP contribution in [0.5, 0.6) is 0 Å². The van der Waals surface area contributed by atoms with Crippen LogP contribution in [0.1, 0.15) is 29.2 Å². The zero-order valence-electron chi connectivity index (χ0n) is 17.3. The average molecular weight is 417 g/mol. The molecule has 0 aliphatic rings. The molecule has 0 N–H and O–H groups in total. The highest BCUT2D eigenvalue weighted by molar-refractivity contribution is 6.52. The average Bonchev–Trinajstić information content (AvgIpc) is 2.73. The van der Waals surface area contributed by atoms with Gasteiger partial charge in [-0.1, -0.05) is 52.4 Å². The first-order valence-corrected chi connectivity index (χ1v) is 11.3. The number of halogens is 1. The number of carbonyl (C=O) groups is 1. The Bertz CT molecular complexity index is 944. The van der Waals surface area contributed by atoms with E-state index < -0.39 is 15.5 Å². The smallest absolute Gasteiger partial charge is 0.360 e. The van der Waals surface area contributed by atoms with Crippen LogP contribution in [0.25, 0.3) is 0 Å². The number of benzene rings is 2. The molecule has 8 heteroatoms. The van der Waals surface area contributed by atoms with Gasteiger partial charge >= 0.3 is 5.97 Å². The lowest BCUT2D eigenvalue weighted by Crippen LogP contribution is -2.20. The lowest BCUT2D eigenvalue weighted by atomic mass is 9.99. The molecule has 0 aromatic heterocycles. The Morgan fingerprint density at radius 1 is 1.14 bits per heavy atom. The summed E-state index contributed by atoms with van der Waals surface area (Å²) >= 11 is 0. The summed E-state index contributed by atoms with van der Waals surface area (Å²) in [5, 5.41) is 9.03. The summed E-state index contributed by atoms with van der Waals surface area (Å²) < 4.78 is 18.9. The second kappa shape index (κ2) is 10.5. The normalized spacial score (nSPS) is 12.3. The molecule has 2 aromatic carbocycles. The number of aryl methyl sites for hydroxylation is 1. The Labute approximate surface area is 172 Å². The topological polar surface area (TPSA) is 69.5 Å². The highest BCUT2D eigenvalue weighted by atomic mass is 28.2. The number of ether oxygens (including phenoxy) is 1. The molecule has 2 rings (SSSR count). The fourth-order valence-corrected chi connectivity index (χ4v) is 3.57. The molecule has 0 radical (unpaired) electrons. The van der Waals surface area contributed by atoms with Gasteiger partial charge in [-0.05, 0) is 25.5 Å². The highest BCUT2D eigenvalue weighted by Gasteiger charge is 2.20. The third-order valence-corrected chi connectivity index (χ3v) is 5.72. The minimum Gasteiger partial charge on any atom is -0.464 e. The molecule has 0 fully saturated rings. The zero-order valence-corrected chi connectivity index (χ0v) is 18.7. The van der Waals surface area contributed by atoms with Crippen LogP contribution in [0.2, 0.25) is 6.55 Å². The van der Waals surface area contributed by atoms with Crippen LogP contribution in [0, 0.1) is 12.7 Å². The maximum Gasteiger partial charge on any atom is 0.360 e. The van der Waals surface area contributed by atoms with Crippen molar-refractivity contribution in [1.82, 2.24) is 0 Å². The summed E-state index contributed by atoms with van der Waals surface area (Å²) in [7, 11) is 2.22.